The van der Waals surface area contributed by atoms with E-state index in [1.165, 1.54) is 30.3 Å². The molecular weight excluding hydrogens is 424 g/mol. The second-order valence-electron chi connectivity index (χ2n) is 6.53. The van der Waals surface area contributed by atoms with Crippen molar-refractivity contribution in [3.8, 4) is 0 Å². The highest BCUT2D eigenvalue weighted by Gasteiger charge is 2.43. The molecule has 13 nitrogen and oxygen atoms in total. The van der Waals surface area contributed by atoms with Gasteiger partial charge in [0, 0.05) is 0 Å². The summed E-state index contributed by atoms with van der Waals surface area (Å²) in [4.78, 5) is 24.4. The normalized spacial score (nSPS) is 30.9. The molecule has 3 rings (SSSR count). The zero-order chi connectivity index (χ0) is 22.1. The average Bonchev–Trinajstić information content (AvgIpc) is 3.03. The fourth-order valence-electron chi connectivity index (χ4n) is 2.81. The number of rotatable bonds is 6. The van der Waals surface area contributed by atoms with E-state index < -0.39 is 59.2 Å². The lowest BCUT2D eigenvalue weighted by molar-refractivity contribution is -0.237. The second-order valence-corrected chi connectivity index (χ2v) is 8.22. The number of aliphatic hydroxyl groups is 4. The quantitative estimate of drug-likeness (QED) is 0.123. The van der Waals surface area contributed by atoms with Gasteiger partial charge in [0.15, 0.2) is 6.23 Å². The van der Waals surface area contributed by atoms with Crippen LogP contribution in [0.25, 0.3) is 6.08 Å². The Bertz CT molecular complexity index is 948. The van der Waals surface area contributed by atoms with Gasteiger partial charge in [-0.15, -0.1) is 4.83 Å². The summed E-state index contributed by atoms with van der Waals surface area (Å²) in [5.41, 5.74) is 2.66. The summed E-state index contributed by atoms with van der Waals surface area (Å²) >= 11 is 0. The molecule has 0 bridgehead atoms. The van der Waals surface area contributed by atoms with Crippen LogP contribution in [0.15, 0.2) is 34.9 Å². The molecule has 2 aliphatic heterocycles. The lowest BCUT2D eigenvalue weighted by Gasteiger charge is -2.40. The average molecular weight is 444 g/mol. The molecule has 2 fully saturated rings. The van der Waals surface area contributed by atoms with Crippen molar-refractivity contribution in [2.75, 3.05) is 6.61 Å². The van der Waals surface area contributed by atoms with E-state index in [0.29, 0.717) is 5.56 Å². The Kier molecular flexibility index (Phi) is 6.49. The number of sulfonamides is 1. The summed E-state index contributed by atoms with van der Waals surface area (Å²) in [6.07, 6.45) is -6.20. The number of hydrogen-bond acceptors (Lipinski definition) is 10. The first-order chi connectivity index (χ1) is 14.1. The molecule has 0 aliphatic carbocycles. The van der Waals surface area contributed by atoms with Gasteiger partial charge in [0.25, 0.3) is 15.9 Å². The van der Waals surface area contributed by atoms with Gasteiger partial charge in [-0.25, -0.2) is 18.6 Å². The van der Waals surface area contributed by atoms with Crippen molar-refractivity contribution in [2.24, 2.45) is 0 Å². The molecule has 0 spiro atoms. The lowest BCUT2D eigenvalue weighted by Crippen LogP contribution is -2.64. The summed E-state index contributed by atoms with van der Waals surface area (Å²) in [5.74, 6) is -0.609. The highest BCUT2D eigenvalue weighted by molar-refractivity contribution is 7.89. The van der Waals surface area contributed by atoms with Gasteiger partial charge >= 0.3 is 6.03 Å². The van der Waals surface area contributed by atoms with Crippen molar-refractivity contribution < 1.29 is 43.2 Å². The predicted molar refractivity (Wildman–Crippen MR) is 98.3 cm³/mol. The van der Waals surface area contributed by atoms with Crippen LogP contribution in [0.5, 0.6) is 0 Å². The van der Waals surface area contributed by atoms with Gasteiger partial charge in [0.05, 0.1) is 11.5 Å². The molecule has 2 saturated heterocycles. The first-order valence-corrected chi connectivity index (χ1v) is 10.1. The zero-order valence-corrected chi connectivity index (χ0v) is 16.0. The van der Waals surface area contributed by atoms with Crippen LogP contribution in [0.3, 0.4) is 0 Å². The van der Waals surface area contributed by atoms with Gasteiger partial charge in [-0.3, -0.25) is 10.1 Å². The highest BCUT2D eigenvalue weighted by atomic mass is 32.2. The number of urea groups is 1. The van der Waals surface area contributed by atoms with Crippen molar-refractivity contribution in [1.82, 2.24) is 20.9 Å². The number of aliphatic hydroxyl groups excluding tert-OH is 4. The number of amides is 3. The third-order valence-electron chi connectivity index (χ3n) is 4.45. The van der Waals surface area contributed by atoms with Crippen molar-refractivity contribution in [1.29, 1.82) is 0 Å². The van der Waals surface area contributed by atoms with Crippen LogP contribution >= 0.6 is 0 Å². The largest absolute Gasteiger partial charge is 0.394 e. The minimum atomic E-state index is -4.13. The SMILES string of the molecule is O=C1NC(=O)/C(=C/c2ccc(S(=O)(=O)NN[C@@H]3O[C@H](CO)[C@@H](O)[C@H](O)[C@@H]3O)cc2)N1. The second kappa shape index (κ2) is 8.75. The minimum Gasteiger partial charge on any atom is -0.394 e. The van der Waals surface area contributed by atoms with Crippen molar-refractivity contribution in [3.63, 3.8) is 0 Å². The van der Waals surface area contributed by atoms with E-state index in [4.69, 9.17) is 9.84 Å². The summed E-state index contributed by atoms with van der Waals surface area (Å²) in [7, 11) is -4.13. The Labute approximate surface area is 170 Å². The van der Waals surface area contributed by atoms with Gasteiger partial charge in [0.2, 0.25) is 0 Å². The molecule has 30 heavy (non-hydrogen) atoms. The topological polar surface area (TPSA) is 207 Å². The Morgan fingerprint density at radius 2 is 1.70 bits per heavy atom. The number of imide groups is 1. The number of carbonyl (C=O) groups excluding carboxylic acids is 2. The molecule has 2 heterocycles. The molecule has 8 N–H and O–H groups in total. The molecule has 14 heteroatoms. The van der Waals surface area contributed by atoms with Gasteiger partial charge in [-0.05, 0) is 23.8 Å². The van der Waals surface area contributed by atoms with Crippen molar-refractivity contribution in [2.45, 2.75) is 35.5 Å². The van der Waals surface area contributed by atoms with Crippen LogP contribution in [0, 0.1) is 0 Å². The maximum atomic E-state index is 12.4. The maximum Gasteiger partial charge on any atom is 0.326 e. The minimum absolute atomic E-state index is 0.0121. The molecule has 0 radical (unpaired) electrons. The number of hydrogen-bond donors (Lipinski definition) is 8. The third kappa shape index (κ3) is 4.66. The molecule has 1 aromatic carbocycles. The lowest BCUT2D eigenvalue weighted by atomic mass is 9.99. The molecule has 3 amide bonds. The number of hydrazine groups is 1. The first kappa shape index (κ1) is 22.3. The number of carbonyl (C=O) groups is 2. The van der Waals surface area contributed by atoms with E-state index in [0.717, 1.165) is 0 Å². The van der Waals surface area contributed by atoms with Crippen LogP contribution in [0.2, 0.25) is 0 Å². The van der Waals surface area contributed by atoms with E-state index in [2.05, 4.69) is 10.7 Å². The highest BCUT2D eigenvalue weighted by Crippen LogP contribution is 2.20. The smallest absolute Gasteiger partial charge is 0.326 e. The van der Waals surface area contributed by atoms with E-state index in [-0.39, 0.29) is 10.6 Å². The molecule has 0 unspecified atom stereocenters. The Morgan fingerprint density at radius 1 is 1.03 bits per heavy atom. The Morgan fingerprint density at radius 3 is 2.27 bits per heavy atom. The summed E-state index contributed by atoms with van der Waals surface area (Å²) in [6, 6.07) is 4.60. The molecule has 1 aromatic rings. The van der Waals surface area contributed by atoms with Crippen molar-refractivity contribution in [3.05, 3.63) is 35.5 Å². The van der Waals surface area contributed by atoms with Gasteiger partial charge in [-0.1, -0.05) is 12.1 Å². The fraction of sp³-hybridized carbons (Fsp3) is 0.375. The van der Waals surface area contributed by atoms with Crippen LogP contribution in [0.4, 0.5) is 4.79 Å². The van der Waals surface area contributed by atoms with Crippen LogP contribution in [0.1, 0.15) is 5.56 Å². The van der Waals surface area contributed by atoms with E-state index >= 15 is 0 Å². The van der Waals surface area contributed by atoms with E-state index in [1.807, 2.05) is 10.1 Å². The summed E-state index contributed by atoms with van der Waals surface area (Å²) in [6.45, 7) is -0.661. The van der Waals surface area contributed by atoms with Crippen LogP contribution in [-0.4, -0.2) is 78.0 Å². The molecule has 0 saturated carbocycles. The molecule has 0 aromatic heterocycles. The summed E-state index contributed by atoms with van der Waals surface area (Å²) < 4.78 is 30.0. The Balaban J connectivity index is 1.66. The van der Waals surface area contributed by atoms with E-state index in [9.17, 15) is 33.3 Å². The van der Waals surface area contributed by atoms with Crippen LogP contribution in [-0.2, 0) is 19.6 Å². The van der Waals surface area contributed by atoms with Crippen LogP contribution < -0.4 is 20.9 Å². The van der Waals surface area contributed by atoms with Gasteiger partial charge in [0.1, 0.15) is 30.1 Å². The fourth-order valence-corrected chi connectivity index (χ4v) is 3.69. The number of ether oxygens (including phenoxy) is 1. The van der Waals surface area contributed by atoms with Gasteiger partial charge in [-0.2, -0.15) is 0 Å². The summed E-state index contributed by atoms with van der Waals surface area (Å²) in [5, 5.41) is 42.9. The molecule has 164 valence electrons. The predicted octanol–water partition coefficient (Wildman–Crippen LogP) is -3.55. The first-order valence-electron chi connectivity index (χ1n) is 8.64. The number of nitrogens with one attached hydrogen (secondary N) is 4. The monoisotopic (exact) mass is 444 g/mol. The standard InChI is InChI=1S/C16H20N4O9S/c21-6-10-11(22)12(23)13(24)15(29-10)19-20-30(27,28)8-3-1-7(2-4-8)5-9-14(25)18-16(26)17-9/h1-5,10-13,15,19-24H,6H2,(H2,17,18,25,26)/b9-5-/t10-,11-,12+,13+,15-/m1/s1. The zero-order valence-electron chi connectivity index (χ0n) is 15.2. The Hall–Kier alpha value is -2.43. The molecular formula is C16H20N4O9S. The third-order valence-corrected chi connectivity index (χ3v) is 5.73. The molecule has 2 aliphatic rings. The van der Waals surface area contributed by atoms with Crippen molar-refractivity contribution >= 4 is 28.0 Å². The van der Waals surface area contributed by atoms with Gasteiger partial charge < -0.3 is 30.5 Å². The molecule has 5 atom stereocenters. The van der Waals surface area contributed by atoms with E-state index in [1.54, 1.807) is 0 Å². The maximum absolute atomic E-state index is 12.4. The number of benzene rings is 1.